The lowest BCUT2D eigenvalue weighted by molar-refractivity contribution is -0.136. The van der Waals surface area contributed by atoms with Gasteiger partial charge in [0.25, 0.3) is 0 Å². The summed E-state index contributed by atoms with van der Waals surface area (Å²) in [5.74, 6) is -0.906. The number of rotatable bonds is 5. The van der Waals surface area contributed by atoms with Crippen molar-refractivity contribution >= 4 is 17.7 Å². The Labute approximate surface area is 136 Å². The first-order valence-electron chi connectivity index (χ1n) is 7.88. The number of nitrogens with zero attached hydrogens (tertiary/aromatic N) is 1. The molecule has 0 saturated heterocycles. The topological polar surface area (TPSA) is 92.5 Å². The van der Waals surface area contributed by atoms with E-state index in [1.165, 1.54) is 18.1 Å². The molecule has 1 aliphatic heterocycles. The normalized spacial score (nSPS) is 15.3. The van der Waals surface area contributed by atoms with Crippen molar-refractivity contribution in [2.24, 2.45) is 5.73 Å². The average Bonchev–Trinajstić information content (AvgIpc) is 2.73. The second kappa shape index (κ2) is 7.76. The second-order valence-electron chi connectivity index (χ2n) is 5.85. The molecule has 124 valence electrons. The van der Waals surface area contributed by atoms with E-state index in [0.717, 1.165) is 12.8 Å². The van der Waals surface area contributed by atoms with Crippen molar-refractivity contribution in [1.29, 1.82) is 0 Å². The first-order valence-corrected chi connectivity index (χ1v) is 7.88. The average molecular weight is 317 g/mol. The van der Waals surface area contributed by atoms with Crippen molar-refractivity contribution in [3.8, 4) is 0 Å². The van der Waals surface area contributed by atoms with Gasteiger partial charge in [-0.3, -0.25) is 14.4 Å². The number of nitrogens with two attached hydrogens (primary N) is 1. The Kier molecular flexibility index (Phi) is 5.73. The van der Waals surface area contributed by atoms with Crippen molar-refractivity contribution in [3.05, 3.63) is 35.4 Å². The molecule has 1 aromatic rings. The number of amides is 3. The highest BCUT2D eigenvalue weighted by Crippen LogP contribution is 2.16. The Hall–Kier alpha value is -2.37. The third kappa shape index (κ3) is 4.81. The molecule has 3 N–H and O–H groups in total. The molecule has 6 nitrogen and oxygen atoms in total. The molecule has 1 aromatic carbocycles. The molecule has 0 saturated carbocycles. The Bertz CT molecular complexity index is 574. The van der Waals surface area contributed by atoms with Crippen molar-refractivity contribution in [2.75, 3.05) is 13.1 Å². The smallest absolute Gasteiger partial charge is 0.245 e. The van der Waals surface area contributed by atoms with Gasteiger partial charge < -0.3 is 16.0 Å². The van der Waals surface area contributed by atoms with Gasteiger partial charge in [-0.1, -0.05) is 24.3 Å². The van der Waals surface area contributed by atoms with Crippen LogP contribution >= 0.6 is 0 Å². The molecule has 23 heavy (non-hydrogen) atoms. The van der Waals surface area contributed by atoms with Crippen molar-refractivity contribution in [1.82, 2.24) is 10.2 Å². The third-order valence-electron chi connectivity index (χ3n) is 4.09. The largest absolute Gasteiger partial charge is 0.370 e. The molecular formula is C17H23N3O3. The van der Waals surface area contributed by atoms with E-state index in [1.807, 2.05) is 12.1 Å². The van der Waals surface area contributed by atoms with Crippen LogP contribution in [-0.2, 0) is 27.2 Å². The second-order valence-corrected chi connectivity index (χ2v) is 5.85. The van der Waals surface area contributed by atoms with Crippen LogP contribution < -0.4 is 11.1 Å². The van der Waals surface area contributed by atoms with Crippen molar-refractivity contribution in [3.63, 3.8) is 0 Å². The first-order chi connectivity index (χ1) is 11.0. The fraction of sp³-hybridized carbons (Fsp3) is 0.471. The van der Waals surface area contributed by atoms with Gasteiger partial charge in [-0.05, 0) is 30.4 Å². The predicted octanol–water partition coefficient (Wildman–Crippen LogP) is 0.384. The van der Waals surface area contributed by atoms with E-state index in [4.69, 9.17) is 5.73 Å². The zero-order chi connectivity index (χ0) is 16.8. The number of primary amides is 1. The van der Waals surface area contributed by atoms with E-state index in [1.54, 1.807) is 4.90 Å². The van der Waals surface area contributed by atoms with Crippen molar-refractivity contribution < 1.29 is 14.4 Å². The maximum atomic E-state index is 12.7. The first kappa shape index (κ1) is 17.0. The third-order valence-corrected chi connectivity index (χ3v) is 4.09. The van der Waals surface area contributed by atoms with E-state index in [9.17, 15) is 14.4 Å². The number of carbonyl (C=O) groups is 3. The molecule has 0 radical (unpaired) electrons. The van der Waals surface area contributed by atoms with Gasteiger partial charge in [0.15, 0.2) is 0 Å². The molecule has 0 spiro atoms. The lowest BCUT2D eigenvalue weighted by Crippen LogP contribution is -2.49. The monoisotopic (exact) mass is 317 g/mol. The minimum atomic E-state index is -0.693. The Morgan fingerprint density at radius 2 is 1.74 bits per heavy atom. The number of carbonyl (C=O) groups excluding carboxylic acids is 3. The summed E-state index contributed by atoms with van der Waals surface area (Å²) < 4.78 is 0. The number of fused-ring (bicyclic) bond motifs is 1. The molecule has 0 aromatic heterocycles. The number of hydrogen-bond donors (Lipinski definition) is 2. The summed E-state index contributed by atoms with van der Waals surface area (Å²) in [4.78, 5) is 36.8. The van der Waals surface area contributed by atoms with E-state index >= 15 is 0 Å². The summed E-state index contributed by atoms with van der Waals surface area (Å²) in [7, 11) is 0. The summed E-state index contributed by atoms with van der Waals surface area (Å²) in [6, 6.07) is 7.48. The molecule has 2 rings (SSSR count). The Balaban J connectivity index is 2.04. The minimum Gasteiger partial charge on any atom is -0.370 e. The highest BCUT2D eigenvalue weighted by molar-refractivity contribution is 5.87. The van der Waals surface area contributed by atoms with Crippen molar-refractivity contribution in [2.45, 2.75) is 38.6 Å². The fourth-order valence-electron chi connectivity index (χ4n) is 2.90. The van der Waals surface area contributed by atoms with Gasteiger partial charge in [0.05, 0.1) is 0 Å². The summed E-state index contributed by atoms with van der Waals surface area (Å²) in [6.07, 6.45) is 1.90. The minimum absolute atomic E-state index is 0.0742. The molecule has 0 bridgehead atoms. The number of benzene rings is 1. The van der Waals surface area contributed by atoms with Gasteiger partial charge in [-0.15, -0.1) is 0 Å². The Morgan fingerprint density at radius 1 is 1.17 bits per heavy atom. The molecular weight excluding hydrogens is 294 g/mol. The number of nitrogens with one attached hydrogen (secondary N) is 1. The van der Waals surface area contributed by atoms with Crippen LogP contribution in [0.3, 0.4) is 0 Å². The maximum Gasteiger partial charge on any atom is 0.245 e. The summed E-state index contributed by atoms with van der Waals surface area (Å²) in [5.41, 5.74) is 7.68. The molecule has 0 fully saturated rings. The van der Waals surface area contributed by atoms with Crippen LogP contribution in [0, 0.1) is 0 Å². The molecule has 1 atom stereocenters. The summed E-state index contributed by atoms with van der Waals surface area (Å²) in [6.45, 7) is 2.59. The zero-order valence-electron chi connectivity index (χ0n) is 13.4. The summed E-state index contributed by atoms with van der Waals surface area (Å²) >= 11 is 0. The van der Waals surface area contributed by atoms with Gasteiger partial charge in [-0.2, -0.15) is 0 Å². The number of hydrogen-bond acceptors (Lipinski definition) is 3. The lowest BCUT2D eigenvalue weighted by atomic mass is 10.0. The Morgan fingerprint density at radius 3 is 2.22 bits per heavy atom. The lowest BCUT2D eigenvalue weighted by Gasteiger charge is -2.26. The van der Waals surface area contributed by atoms with Crippen LogP contribution in [0.4, 0.5) is 0 Å². The van der Waals surface area contributed by atoms with E-state index in [-0.39, 0.29) is 24.7 Å². The summed E-state index contributed by atoms with van der Waals surface area (Å²) in [5, 5.41) is 2.64. The van der Waals surface area contributed by atoms with Gasteiger partial charge >= 0.3 is 0 Å². The molecule has 1 aliphatic rings. The molecule has 1 heterocycles. The zero-order valence-corrected chi connectivity index (χ0v) is 13.4. The molecule has 6 heteroatoms. The predicted molar refractivity (Wildman–Crippen MR) is 86.5 cm³/mol. The van der Waals surface area contributed by atoms with Crippen LogP contribution in [0.15, 0.2) is 24.3 Å². The maximum absolute atomic E-state index is 12.7. The highest BCUT2D eigenvalue weighted by Gasteiger charge is 2.26. The molecule has 0 unspecified atom stereocenters. The highest BCUT2D eigenvalue weighted by atomic mass is 16.2. The standard InChI is InChI=1S/C17H23N3O3/c1-12(21)19-15(6-7-16(18)22)17(23)20-10-8-13-4-2-3-5-14(13)9-11-20/h2-5,15H,6-11H2,1H3,(H2,18,22)(H,19,21)/t15-/m0/s1. The van der Waals surface area contributed by atoms with Gasteiger partial charge in [-0.25, -0.2) is 0 Å². The van der Waals surface area contributed by atoms with E-state index in [0.29, 0.717) is 13.1 Å². The van der Waals surface area contributed by atoms with E-state index < -0.39 is 11.9 Å². The van der Waals surface area contributed by atoms with E-state index in [2.05, 4.69) is 17.4 Å². The van der Waals surface area contributed by atoms with Gasteiger partial charge in [0.1, 0.15) is 6.04 Å². The van der Waals surface area contributed by atoms with Crippen LogP contribution in [-0.4, -0.2) is 41.8 Å². The van der Waals surface area contributed by atoms with Crippen LogP contribution in [0.1, 0.15) is 30.9 Å². The van der Waals surface area contributed by atoms with Crippen LogP contribution in [0.25, 0.3) is 0 Å². The van der Waals surface area contributed by atoms with Gasteiger partial charge in [0.2, 0.25) is 17.7 Å². The van der Waals surface area contributed by atoms with Gasteiger partial charge in [0, 0.05) is 26.4 Å². The molecule has 0 aliphatic carbocycles. The quantitative estimate of drug-likeness (QED) is 0.822. The van der Waals surface area contributed by atoms with Crippen LogP contribution in [0.5, 0.6) is 0 Å². The fourth-order valence-corrected chi connectivity index (χ4v) is 2.90. The SMILES string of the molecule is CC(=O)N[C@@H](CCC(N)=O)C(=O)N1CCc2ccccc2CC1. The van der Waals surface area contributed by atoms with Crippen LogP contribution in [0.2, 0.25) is 0 Å². The molecule has 3 amide bonds.